The van der Waals surface area contributed by atoms with Gasteiger partial charge in [0.15, 0.2) is 11.5 Å². The molecule has 2 aromatic carbocycles. The highest BCUT2D eigenvalue weighted by atomic mass is 16.6. The van der Waals surface area contributed by atoms with E-state index in [1.165, 1.54) is 0 Å². The third-order valence-electron chi connectivity index (χ3n) is 5.34. The lowest BCUT2D eigenvalue weighted by atomic mass is 9.96. The van der Waals surface area contributed by atoms with Crippen LogP contribution >= 0.6 is 0 Å². The Morgan fingerprint density at radius 2 is 1.66 bits per heavy atom. The molecule has 7 heteroatoms. The second-order valence-electron chi connectivity index (χ2n) is 7.40. The second-order valence-corrected chi connectivity index (χ2v) is 7.40. The Labute approximate surface area is 169 Å². The molecule has 1 fully saturated rings. The van der Waals surface area contributed by atoms with E-state index < -0.39 is 5.54 Å². The van der Waals surface area contributed by atoms with E-state index >= 15 is 0 Å². The first-order valence-corrected chi connectivity index (χ1v) is 9.96. The van der Waals surface area contributed by atoms with Gasteiger partial charge in [-0.25, -0.2) is 4.79 Å². The Morgan fingerprint density at radius 1 is 0.931 bits per heavy atom. The summed E-state index contributed by atoms with van der Waals surface area (Å²) in [6.45, 7) is 1.41. The quantitative estimate of drug-likeness (QED) is 0.725. The molecular weight excluding hydrogens is 370 g/mol. The molecule has 0 radical (unpaired) electrons. The summed E-state index contributed by atoms with van der Waals surface area (Å²) in [7, 11) is 0. The van der Waals surface area contributed by atoms with Crippen LogP contribution in [0, 0.1) is 0 Å². The van der Waals surface area contributed by atoms with Crippen LogP contribution in [-0.2, 0) is 11.3 Å². The number of ether oxygens (including phenoxy) is 2. The van der Waals surface area contributed by atoms with Crippen LogP contribution in [0.15, 0.2) is 48.5 Å². The third kappa shape index (κ3) is 4.45. The highest BCUT2D eigenvalue weighted by Crippen LogP contribution is 2.34. The van der Waals surface area contributed by atoms with Crippen molar-refractivity contribution in [1.29, 1.82) is 0 Å². The number of carbonyl (C=O) groups is 2. The maximum atomic E-state index is 13.1. The molecule has 2 aromatic rings. The summed E-state index contributed by atoms with van der Waals surface area (Å²) in [6.07, 6.45) is 3.02. The van der Waals surface area contributed by atoms with Crippen molar-refractivity contribution in [3.8, 4) is 11.5 Å². The molecule has 1 aliphatic carbocycles. The lowest BCUT2D eigenvalue weighted by Gasteiger charge is -2.29. The van der Waals surface area contributed by atoms with Crippen LogP contribution in [0.25, 0.3) is 0 Å². The number of carbonyl (C=O) groups excluding carboxylic acids is 2. The van der Waals surface area contributed by atoms with Gasteiger partial charge in [0.25, 0.3) is 0 Å². The molecule has 0 bridgehead atoms. The molecule has 0 unspecified atom stereocenters. The first-order chi connectivity index (χ1) is 14.1. The van der Waals surface area contributed by atoms with Gasteiger partial charge in [-0.15, -0.1) is 0 Å². The van der Waals surface area contributed by atoms with Gasteiger partial charge in [-0.1, -0.05) is 43.2 Å². The number of amides is 3. The summed E-state index contributed by atoms with van der Waals surface area (Å²) in [5, 5.41) is 8.71. The van der Waals surface area contributed by atoms with Gasteiger partial charge in [-0.3, -0.25) is 4.79 Å². The second kappa shape index (κ2) is 8.43. The smallest absolute Gasteiger partial charge is 0.315 e. The van der Waals surface area contributed by atoms with Gasteiger partial charge in [-0.2, -0.15) is 0 Å². The summed E-state index contributed by atoms with van der Waals surface area (Å²) < 4.78 is 11.1. The van der Waals surface area contributed by atoms with Crippen molar-refractivity contribution < 1.29 is 19.1 Å². The third-order valence-corrected chi connectivity index (χ3v) is 5.34. The topological polar surface area (TPSA) is 88.7 Å². The van der Waals surface area contributed by atoms with E-state index in [4.69, 9.17) is 9.47 Å². The fourth-order valence-electron chi connectivity index (χ4n) is 3.80. The zero-order valence-corrected chi connectivity index (χ0v) is 16.2. The van der Waals surface area contributed by atoms with Crippen LogP contribution in [0.5, 0.6) is 11.5 Å². The van der Waals surface area contributed by atoms with Crippen LogP contribution in [0.4, 0.5) is 10.5 Å². The largest absolute Gasteiger partial charge is 0.486 e. The molecule has 0 saturated heterocycles. The average molecular weight is 395 g/mol. The van der Waals surface area contributed by atoms with Crippen LogP contribution in [-0.4, -0.2) is 30.7 Å². The van der Waals surface area contributed by atoms with Crippen LogP contribution in [0.1, 0.15) is 31.2 Å². The maximum absolute atomic E-state index is 13.1. The molecule has 0 atom stereocenters. The molecule has 3 amide bonds. The summed E-state index contributed by atoms with van der Waals surface area (Å²) in [4.78, 5) is 25.6. The van der Waals surface area contributed by atoms with Crippen LogP contribution < -0.4 is 25.4 Å². The van der Waals surface area contributed by atoms with Crippen LogP contribution in [0.3, 0.4) is 0 Å². The van der Waals surface area contributed by atoms with E-state index in [0.717, 1.165) is 18.4 Å². The monoisotopic (exact) mass is 395 g/mol. The molecule has 2 aliphatic rings. The van der Waals surface area contributed by atoms with E-state index in [-0.39, 0.29) is 11.9 Å². The van der Waals surface area contributed by atoms with Gasteiger partial charge in [0.05, 0.1) is 0 Å². The maximum Gasteiger partial charge on any atom is 0.315 e. The van der Waals surface area contributed by atoms with Crippen molar-refractivity contribution in [2.45, 2.75) is 37.8 Å². The minimum Gasteiger partial charge on any atom is -0.486 e. The van der Waals surface area contributed by atoms with Crippen molar-refractivity contribution in [3.05, 3.63) is 54.1 Å². The van der Waals surface area contributed by atoms with Gasteiger partial charge in [0, 0.05) is 18.3 Å². The summed E-state index contributed by atoms with van der Waals surface area (Å²) in [5.41, 5.74) is 0.717. The predicted molar refractivity (Wildman–Crippen MR) is 109 cm³/mol. The lowest BCUT2D eigenvalue weighted by Crippen LogP contribution is -2.57. The Kier molecular flexibility index (Phi) is 5.55. The summed E-state index contributed by atoms with van der Waals surface area (Å²) in [5.74, 6) is 1.08. The first-order valence-electron chi connectivity index (χ1n) is 9.96. The number of hydrogen-bond acceptors (Lipinski definition) is 4. The number of fused-ring (bicyclic) bond motifs is 1. The summed E-state index contributed by atoms with van der Waals surface area (Å²) >= 11 is 0. The SMILES string of the molecule is O=C(NCc1ccccc1)NC1(C(=O)Nc2ccc3c(c2)OCCO3)CCCC1. The Hall–Kier alpha value is -3.22. The number of anilines is 1. The van der Waals surface area contributed by atoms with Gasteiger partial charge >= 0.3 is 6.03 Å². The van der Waals surface area contributed by atoms with E-state index in [2.05, 4.69) is 16.0 Å². The van der Waals surface area contributed by atoms with Crippen molar-refractivity contribution in [3.63, 3.8) is 0 Å². The zero-order valence-electron chi connectivity index (χ0n) is 16.2. The molecule has 0 aromatic heterocycles. The molecule has 4 rings (SSSR count). The normalized spacial score (nSPS) is 16.7. The number of nitrogens with one attached hydrogen (secondary N) is 3. The molecule has 7 nitrogen and oxygen atoms in total. The highest BCUT2D eigenvalue weighted by molar-refractivity contribution is 6.00. The molecule has 152 valence electrons. The average Bonchev–Trinajstić information content (AvgIpc) is 3.23. The number of urea groups is 1. The molecule has 1 saturated carbocycles. The molecule has 1 heterocycles. The van der Waals surface area contributed by atoms with Crippen molar-refractivity contribution in [2.24, 2.45) is 0 Å². The highest BCUT2D eigenvalue weighted by Gasteiger charge is 2.42. The van der Waals surface area contributed by atoms with Crippen molar-refractivity contribution >= 4 is 17.6 Å². The van der Waals surface area contributed by atoms with Crippen molar-refractivity contribution in [2.75, 3.05) is 18.5 Å². The van der Waals surface area contributed by atoms with Gasteiger partial charge in [0.2, 0.25) is 5.91 Å². The van der Waals surface area contributed by atoms with E-state index in [9.17, 15) is 9.59 Å². The molecule has 1 aliphatic heterocycles. The molecule has 3 N–H and O–H groups in total. The minimum atomic E-state index is -0.909. The predicted octanol–water partition coefficient (Wildman–Crippen LogP) is 3.21. The van der Waals surface area contributed by atoms with Gasteiger partial charge < -0.3 is 25.4 Å². The molecule has 0 spiro atoms. The van der Waals surface area contributed by atoms with E-state index in [1.54, 1.807) is 18.2 Å². The Morgan fingerprint density at radius 3 is 2.41 bits per heavy atom. The lowest BCUT2D eigenvalue weighted by molar-refractivity contribution is -0.121. The van der Waals surface area contributed by atoms with Gasteiger partial charge in [0.1, 0.15) is 18.8 Å². The standard InChI is InChI=1S/C22H25N3O4/c26-20(24-17-8-9-18-19(14-17)29-13-12-28-18)22(10-4-5-11-22)25-21(27)23-15-16-6-2-1-3-7-16/h1-3,6-9,14H,4-5,10-13,15H2,(H,24,26)(H2,23,25,27). The molecular formula is C22H25N3O4. The Bertz CT molecular complexity index is 879. The summed E-state index contributed by atoms with van der Waals surface area (Å²) in [6, 6.07) is 14.6. The zero-order chi connectivity index (χ0) is 20.1. The van der Waals surface area contributed by atoms with E-state index in [1.807, 2.05) is 30.3 Å². The van der Waals surface area contributed by atoms with Crippen molar-refractivity contribution in [1.82, 2.24) is 10.6 Å². The number of hydrogen-bond donors (Lipinski definition) is 3. The van der Waals surface area contributed by atoms with Gasteiger partial charge in [-0.05, 0) is 30.5 Å². The van der Waals surface area contributed by atoms with Crippen LogP contribution in [0.2, 0.25) is 0 Å². The van der Waals surface area contributed by atoms with E-state index in [0.29, 0.717) is 49.8 Å². The fourth-order valence-corrected chi connectivity index (χ4v) is 3.80. The number of benzene rings is 2. The number of rotatable bonds is 5. The fraction of sp³-hybridized carbons (Fsp3) is 0.364. The Balaban J connectivity index is 1.40. The minimum absolute atomic E-state index is 0.207. The molecule has 29 heavy (non-hydrogen) atoms. The first kappa shape index (κ1) is 19.1.